The standard InChI is InChI=1S/C70H139NO5/c1-3-5-7-9-11-13-15-17-18-19-30-33-36-39-42-46-50-54-58-62-68(73)67(66-72)71-69(74)63-59-55-51-47-43-40-37-34-31-28-26-24-22-20-21-23-25-27-29-32-35-38-41-45-49-53-57-61-65-76-70(75)64-60-56-52-48-44-16-14-12-10-8-6-4-2/h67-68,72-73H,3-66H2,1-2H3,(H,71,74). The molecule has 1 amide bonds. The zero-order valence-corrected chi connectivity index (χ0v) is 52.0. The number of aliphatic hydroxyl groups excluding tert-OH is 2. The van der Waals surface area contributed by atoms with E-state index in [2.05, 4.69) is 19.2 Å². The predicted molar refractivity (Wildman–Crippen MR) is 334 cm³/mol. The van der Waals surface area contributed by atoms with E-state index in [-0.39, 0.29) is 18.5 Å². The van der Waals surface area contributed by atoms with Crippen LogP contribution in [0.1, 0.15) is 412 Å². The van der Waals surface area contributed by atoms with Crippen molar-refractivity contribution in [2.45, 2.75) is 424 Å². The highest BCUT2D eigenvalue weighted by atomic mass is 16.5. The van der Waals surface area contributed by atoms with Gasteiger partial charge >= 0.3 is 5.97 Å². The number of esters is 1. The largest absolute Gasteiger partial charge is 0.466 e. The molecule has 6 heteroatoms. The monoisotopic (exact) mass is 1070 g/mol. The third-order valence-electron chi connectivity index (χ3n) is 16.9. The van der Waals surface area contributed by atoms with Gasteiger partial charge in [0.15, 0.2) is 0 Å². The van der Waals surface area contributed by atoms with E-state index >= 15 is 0 Å². The summed E-state index contributed by atoms with van der Waals surface area (Å²) in [6.07, 6.45) is 80.1. The minimum Gasteiger partial charge on any atom is -0.466 e. The van der Waals surface area contributed by atoms with Crippen molar-refractivity contribution in [2.24, 2.45) is 0 Å². The van der Waals surface area contributed by atoms with Crippen molar-refractivity contribution in [3.63, 3.8) is 0 Å². The number of rotatable bonds is 67. The highest BCUT2D eigenvalue weighted by Crippen LogP contribution is 2.20. The second kappa shape index (κ2) is 66.4. The third kappa shape index (κ3) is 62.1. The van der Waals surface area contributed by atoms with Gasteiger partial charge in [0.2, 0.25) is 5.91 Å². The molecule has 0 bridgehead atoms. The van der Waals surface area contributed by atoms with Crippen LogP contribution in [0.5, 0.6) is 0 Å². The van der Waals surface area contributed by atoms with Crippen LogP contribution in [0.25, 0.3) is 0 Å². The first-order valence-electron chi connectivity index (χ1n) is 35.3. The van der Waals surface area contributed by atoms with Crippen LogP contribution in [0.4, 0.5) is 0 Å². The summed E-state index contributed by atoms with van der Waals surface area (Å²) in [5.41, 5.74) is 0. The SMILES string of the molecule is CCCCCCCCCCCCCCCCCCCCCC(O)C(CO)NC(=O)CCCCCCCCCCCCCCCCCCCCCCCCCCCCCCOC(=O)CCCCCCCCCCCCCC. The lowest BCUT2D eigenvalue weighted by Gasteiger charge is -2.22. The van der Waals surface area contributed by atoms with Crippen molar-refractivity contribution in [1.82, 2.24) is 5.32 Å². The lowest BCUT2D eigenvalue weighted by molar-refractivity contribution is -0.143. The highest BCUT2D eigenvalue weighted by molar-refractivity contribution is 5.76. The second-order valence-electron chi connectivity index (χ2n) is 24.6. The molecule has 0 aliphatic carbocycles. The molecule has 2 atom stereocenters. The van der Waals surface area contributed by atoms with Gasteiger partial charge < -0.3 is 20.3 Å². The molecule has 0 rings (SSSR count). The molecule has 454 valence electrons. The van der Waals surface area contributed by atoms with E-state index in [9.17, 15) is 19.8 Å². The van der Waals surface area contributed by atoms with E-state index in [1.54, 1.807) is 0 Å². The number of amides is 1. The molecular weight excluding hydrogens is 935 g/mol. The van der Waals surface area contributed by atoms with Crippen LogP contribution >= 0.6 is 0 Å². The summed E-state index contributed by atoms with van der Waals surface area (Å²) in [7, 11) is 0. The van der Waals surface area contributed by atoms with Gasteiger partial charge in [-0.25, -0.2) is 0 Å². The maximum Gasteiger partial charge on any atom is 0.305 e. The molecule has 3 N–H and O–H groups in total. The second-order valence-corrected chi connectivity index (χ2v) is 24.6. The average molecular weight is 1070 g/mol. The van der Waals surface area contributed by atoms with Crippen LogP contribution in [0.2, 0.25) is 0 Å². The number of hydrogen-bond acceptors (Lipinski definition) is 5. The first-order chi connectivity index (χ1) is 37.5. The molecule has 0 saturated carbocycles. The van der Waals surface area contributed by atoms with Crippen molar-refractivity contribution in [1.29, 1.82) is 0 Å². The van der Waals surface area contributed by atoms with Crippen LogP contribution in [-0.2, 0) is 14.3 Å². The molecule has 2 unspecified atom stereocenters. The fraction of sp³-hybridized carbons (Fsp3) is 0.971. The summed E-state index contributed by atoms with van der Waals surface area (Å²) < 4.78 is 5.48. The van der Waals surface area contributed by atoms with Gasteiger partial charge in [0.1, 0.15) is 0 Å². The zero-order valence-electron chi connectivity index (χ0n) is 52.0. The van der Waals surface area contributed by atoms with Gasteiger partial charge in [0.25, 0.3) is 0 Å². The Bertz CT molecular complexity index is 1100. The van der Waals surface area contributed by atoms with E-state index in [1.807, 2.05) is 0 Å². The highest BCUT2D eigenvalue weighted by Gasteiger charge is 2.20. The summed E-state index contributed by atoms with van der Waals surface area (Å²) in [5.74, 6) is -0.00607. The van der Waals surface area contributed by atoms with Gasteiger partial charge in [0, 0.05) is 12.8 Å². The Kier molecular flexibility index (Phi) is 65.4. The molecule has 0 aliphatic rings. The lowest BCUT2D eigenvalue weighted by atomic mass is 10.0. The molecular formula is C70H139NO5. The van der Waals surface area contributed by atoms with Crippen molar-refractivity contribution >= 4 is 11.9 Å². The van der Waals surface area contributed by atoms with Crippen molar-refractivity contribution in [2.75, 3.05) is 13.2 Å². The van der Waals surface area contributed by atoms with E-state index in [0.29, 0.717) is 25.9 Å². The van der Waals surface area contributed by atoms with Gasteiger partial charge in [-0.1, -0.05) is 373 Å². The van der Waals surface area contributed by atoms with Gasteiger partial charge in [0.05, 0.1) is 25.4 Å². The third-order valence-corrected chi connectivity index (χ3v) is 16.9. The molecule has 6 nitrogen and oxygen atoms in total. The Morgan fingerprint density at radius 1 is 0.316 bits per heavy atom. The lowest BCUT2D eigenvalue weighted by Crippen LogP contribution is -2.45. The van der Waals surface area contributed by atoms with E-state index in [0.717, 1.165) is 38.5 Å². The van der Waals surface area contributed by atoms with E-state index in [4.69, 9.17) is 4.74 Å². The van der Waals surface area contributed by atoms with E-state index < -0.39 is 12.1 Å². The quantitative estimate of drug-likeness (QED) is 0.0417. The normalized spacial score (nSPS) is 12.4. The van der Waals surface area contributed by atoms with Crippen molar-refractivity contribution in [3.8, 4) is 0 Å². The number of carbonyl (C=O) groups is 2. The van der Waals surface area contributed by atoms with Gasteiger partial charge in [-0.05, 0) is 25.7 Å². The first-order valence-corrected chi connectivity index (χ1v) is 35.3. The molecule has 0 aromatic heterocycles. The van der Waals surface area contributed by atoms with Crippen LogP contribution in [0, 0.1) is 0 Å². The fourth-order valence-electron chi connectivity index (χ4n) is 11.5. The summed E-state index contributed by atoms with van der Waals surface area (Å²) in [5, 5.41) is 23.4. The van der Waals surface area contributed by atoms with Gasteiger partial charge in [-0.15, -0.1) is 0 Å². The Labute approximate surface area is 476 Å². The number of hydrogen-bond donors (Lipinski definition) is 3. The summed E-state index contributed by atoms with van der Waals surface area (Å²) >= 11 is 0. The maximum absolute atomic E-state index is 12.5. The summed E-state index contributed by atoms with van der Waals surface area (Å²) in [6.45, 7) is 5.00. The zero-order chi connectivity index (χ0) is 55.0. The molecule has 0 saturated heterocycles. The van der Waals surface area contributed by atoms with Crippen LogP contribution in [0.15, 0.2) is 0 Å². The van der Waals surface area contributed by atoms with Crippen LogP contribution in [0.3, 0.4) is 0 Å². The Morgan fingerprint density at radius 3 is 0.803 bits per heavy atom. The van der Waals surface area contributed by atoms with Gasteiger partial charge in [-0.2, -0.15) is 0 Å². The molecule has 0 fully saturated rings. The Balaban J connectivity index is 3.33. The smallest absolute Gasteiger partial charge is 0.305 e. The Hall–Kier alpha value is -1.14. The molecule has 76 heavy (non-hydrogen) atoms. The summed E-state index contributed by atoms with van der Waals surface area (Å²) in [6, 6.07) is -0.538. The van der Waals surface area contributed by atoms with Crippen LogP contribution < -0.4 is 5.32 Å². The van der Waals surface area contributed by atoms with Crippen LogP contribution in [-0.4, -0.2) is 47.4 Å². The fourth-order valence-corrected chi connectivity index (χ4v) is 11.5. The molecule has 0 aromatic rings. The number of unbranched alkanes of at least 4 members (excludes halogenated alkanes) is 56. The Morgan fingerprint density at radius 2 is 0.539 bits per heavy atom. The molecule has 0 aromatic carbocycles. The molecule has 0 radical (unpaired) electrons. The number of ether oxygens (including phenoxy) is 1. The van der Waals surface area contributed by atoms with Crippen molar-refractivity contribution in [3.05, 3.63) is 0 Å². The average Bonchev–Trinajstić information content (AvgIpc) is 3.42. The van der Waals surface area contributed by atoms with E-state index in [1.165, 1.54) is 340 Å². The van der Waals surface area contributed by atoms with Gasteiger partial charge in [-0.3, -0.25) is 9.59 Å². The molecule has 0 aliphatic heterocycles. The molecule has 0 spiro atoms. The minimum absolute atomic E-state index is 0.0207. The molecule has 0 heterocycles. The predicted octanol–water partition coefficient (Wildman–Crippen LogP) is 22.6. The minimum atomic E-state index is -0.661. The first kappa shape index (κ1) is 74.9. The van der Waals surface area contributed by atoms with Crippen molar-refractivity contribution < 1.29 is 24.5 Å². The number of aliphatic hydroxyl groups is 2. The number of nitrogens with one attached hydrogen (secondary N) is 1. The maximum atomic E-state index is 12.5. The topological polar surface area (TPSA) is 95.9 Å². The number of carbonyl (C=O) groups excluding carboxylic acids is 2. The summed E-state index contributed by atoms with van der Waals surface area (Å²) in [4.78, 5) is 24.6.